The zero-order valence-corrected chi connectivity index (χ0v) is 10.7. The maximum absolute atomic E-state index is 11.7. The van der Waals surface area contributed by atoms with E-state index in [0.717, 1.165) is 16.8 Å². The number of rotatable bonds is 4. The summed E-state index contributed by atoms with van der Waals surface area (Å²) in [5.41, 5.74) is 8.41. The molecule has 5 nitrogen and oxygen atoms in total. The lowest BCUT2D eigenvalue weighted by Crippen LogP contribution is -2.28. The van der Waals surface area contributed by atoms with Crippen LogP contribution >= 0.6 is 0 Å². The van der Waals surface area contributed by atoms with Crippen LogP contribution in [-0.4, -0.2) is 6.03 Å². The SMILES string of the molecule is CC(N)c1cccc(NC(=O)NCc2ccoc2)c1. The first-order chi connectivity index (χ1) is 9.15. The van der Waals surface area contributed by atoms with Crippen LogP contribution in [0.5, 0.6) is 0 Å². The number of hydrogen-bond acceptors (Lipinski definition) is 3. The Balaban J connectivity index is 1.89. The van der Waals surface area contributed by atoms with Crippen molar-refractivity contribution < 1.29 is 9.21 Å². The van der Waals surface area contributed by atoms with Crippen LogP contribution in [0.2, 0.25) is 0 Å². The second-order valence-corrected chi connectivity index (χ2v) is 4.35. The van der Waals surface area contributed by atoms with E-state index < -0.39 is 0 Å². The maximum Gasteiger partial charge on any atom is 0.319 e. The van der Waals surface area contributed by atoms with E-state index in [0.29, 0.717) is 6.54 Å². The number of amides is 2. The molecule has 1 heterocycles. The van der Waals surface area contributed by atoms with E-state index in [-0.39, 0.29) is 12.1 Å². The van der Waals surface area contributed by atoms with E-state index in [9.17, 15) is 4.79 Å². The minimum atomic E-state index is -0.261. The largest absolute Gasteiger partial charge is 0.472 e. The van der Waals surface area contributed by atoms with Crippen molar-refractivity contribution in [2.24, 2.45) is 5.73 Å². The number of furan rings is 1. The summed E-state index contributed by atoms with van der Waals surface area (Å²) in [7, 11) is 0. The van der Waals surface area contributed by atoms with Crippen molar-refractivity contribution in [1.29, 1.82) is 0 Å². The first-order valence-electron chi connectivity index (χ1n) is 6.06. The lowest BCUT2D eigenvalue weighted by atomic mass is 10.1. The van der Waals surface area contributed by atoms with Gasteiger partial charge in [-0.05, 0) is 30.7 Å². The predicted molar refractivity (Wildman–Crippen MR) is 73.6 cm³/mol. The van der Waals surface area contributed by atoms with Crippen molar-refractivity contribution in [1.82, 2.24) is 5.32 Å². The molecule has 100 valence electrons. The van der Waals surface area contributed by atoms with Gasteiger partial charge in [-0.2, -0.15) is 0 Å². The van der Waals surface area contributed by atoms with Crippen molar-refractivity contribution in [2.45, 2.75) is 19.5 Å². The lowest BCUT2D eigenvalue weighted by molar-refractivity contribution is 0.251. The molecule has 0 fully saturated rings. The van der Waals surface area contributed by atoms with Gasteiger partial charge in [-0.15, -0.1) is 0 Å². The third kappa shape index (κ3) is 3.86. The van der Waals surface area contributed by atoms with Crippen LogP contribution in [0.3, 0.4) is 0 Å². The highest BCUT2D eigenvalue weighted by atomic mass is 16.3. The molecule has 5 heteroatoms. The van der Waals surface area contributed by atoms with Gasteiger partial charge in [0.25, 0.3) is 0 Å². The van der Waals surface area contributed by atoms with Crippen molar-refractivity contribution in [3.63, 3.8) is 0 Å². The zero-order chi connectivity index (χ0) is 13.7. The van der Waals surface area contributed by atoms with Crippen LogP contribution in [0.25, 0.3) is 0 Å². The highest BCUT2D eigenvalue weighted by Gasteiger charge is 2.04. The summed E-state index contributed by atoms with van der Waals surface area (Å²) in [5.74, 6) is 0. The molecule has 0 spiro atoms. The van der Waals surface area contributed by atoms with Crippen LogP contribution in [0.4, 0.5) is 10.5 Å². The fraction of sp³-hybridized carbons (Fsp3) is 0.214. The lowest BCUT2D eigenvalue weighted by Gasteiger charge is -2.10. The van der Waals surface area contributed by atoms with Gasteiger partial charge in [-0.25, -0.2) is 4.79 Å². The highest BCUT2D eigenvalue weighted by Crippen LogP contribution is 2.15. The minimum absolute atomic E-state index is 0.0595. The maximum atomic E-state index is 11.7. The van der Waals surface area contributed by atoms with E-state index >= 15 is 0 Å². The molecule has 1 unspecified atom stereocenters. The van der Waals surface area contributed by atoms with Gasteiger partial charge in [0.05, 0.1) is 12.5 Å². The Labute approximate surface area is 111 Å². The van der Waals surface area contributed by atoms with E-state index in [1.54, 1.807) is 18.6 Å². The molecule has 2 aromatic rings. The second-order valence-electron chi connectivity index (χ2n) is 4.35. The van der Waals surface area contributed by atoms with E-state index in [1.807, 2.05) is 31.2 Å². The number of nitrogens with two attached hydrogens (primary N) is 1. The number of carbonyl (C=O) groups is 1. The summed E-state index contributed by atoms with van der Waals surface area (Å²) in [6.07, 6.45) is 3.16. The Kier molecular flexibility index (Phi) is 4.20. The van der Waals surface area contributed by atoms with Gasteiger partial charge >= 0.3 is 6.03 Å². The Morgan fingerprint density at radius 3 is 2.95 bits per heavy atom. The van der Waals surface area contributed by atoms with E-state index in [2.05, 4.69) is 10.6 Å². The fourth-order valence-electron chi connectivity index (χ4n) is 1.65. The summed E-state index contributed by atoms with van der Waals surface area (Å²) in [4.78, 5) is 11.7. The first-order valence-corrected chi connectivity index (χ1v) is 6.06. The summed E-state index contributed by atoms with van der Waals surface area (Å²) in [6.45, 7) is 2.33. The van der Waals surface area contributed by atoms with Crippen molar-refractivity contribution in [3.8, 4) is 0 Å². The van der Waals surface area contributed by atoms with Gasteiger partial charge in [-0.1, -0.05) is 12.1 Å². The molecular formula is C14H17N3O2. The summed E-state index contributed by atoms with van der Waals surface area (Å²) in [6, 6.07) is 8.96. The molecule has 0 aliphatic heterocycles. The smallest absolute Gasteiger partial charge is 0.319 e. The van der Waals surface area contributed by atoms with Crippen LogP contribution in [0.15, 0.2) is 47.3 Å². The monoisotopic (exact) mass is 259 g/mol. The number of anilines is 1. The first kappa shape index (κ1) is 13.2. The van der Waals surface area contributed by atoms with Crippen LogP contribution in [0.1, 0.15) is 24.1 Å². The number of urea groups is 1. The van der Waals surface area contributed by atoms with Gasteiger partial charge in [0.1, 0.15) is 0 Å². The molecule has 2 amide bonds. The summed E-state index contributed by atoms with van der Waals surface area (Å²) >= 11 is 0. The average molecular weight is 259 g/mol. The molecule has 19 heavy (non-hydrogen) atoms. The Morgan fingerprint density at radius 1 is 1.42 bits per heavy atom. The molecule has 4 N–H and O–H groups in total. The van der Waals surface area contributed by atoms with Crippen molar-refractivity contribution in [3.05, 3.63) is 54.0 Å². The third-order valence-corrected chi connectivity index (χ3v) is 2.70. The van der Waals surface area contributed by atoms with Gasteiger partial charge < -0.3 is 20.8 Å². The predicted octanol–water partition coefficient (Wildman–Crippen LogP) is 2.62. The number of benzene rings is 1. The normalized spacial score (nSPS) is 11.9. The highest BCUT2D eigenvalue weighted by molar-refractivity contribution is 5.89. The van der Waals surface area contributed by atoms with Gasteiger partial charge in [0.15, 0.2) is 0 Å². The van der Waals surface area contributed by atoms with Crippen molar-refractivity contribution >= 4 is 11.7 Å². The standard InChI is InChI=1S/C14H17N3O2/c1-10(15)12-3-2-4-13(7-12)17-14(18)16-8-11-5-6-19-9-11/h2-7,9-10H,8,15H2,1H3,(H2,16,17,18). The molecule has 1 atom stereocenters. The molecule has 0 bridgehead atoms. The van der Waals surface area contributed by atoms with Gasteiger partial charge in [-0.3, -0.25) is 0 Å². The Hall–Kier alpha value is -2.27. The molecule has 0 saturated heterocycles. The Bertz CT molecular complexity index is 535. The van der Waals surface area contributed by atoms with E-state index in [4.69, 9.17) is 10.2 Å². The number of carbonyl (C=O) groups excluding carboxylic acids is 1. The molecule has 0 aliphatic rings. The van der Waals surface area contributed by atoms with Crippen molar-refractivity contribution in [2.75, 3.05) is 5.32 Å². The van der Waals surface area contributed by atoms with Gasteiger partial charge in [0.2, 0.25) is 0 Å². The second kappa shape index (κ2) is 6.06. The topological polar surface area (TPSA) is 80.3 Å². The number of nitrogens with one attached hydrogen (secondary N) is 2. The molecule has 2 rings (SSSR count). The van der Waals surface area contributed by atoms with Crippen LogP contribution in [-0.2, 0) is 6.54 Å². The zero-order valence-electron chi connectivity index (χ0n) is 10.7. The molecule has 0 saturated carbocycles. The third-order valence-electron chi connectivity index (χ3n) is 2.70. The summed E-state index contributed by atoms with van der Waals surface area (Å²) in [5, 5.41) is 5.50. The molecule has 1 aromatic heterocycles. The fourth-order valence-corrected chi connectivity index (χ4v) is 1.65. The quantitative estimate of drug-likeness (QED) is 0.789. The Morgan fingerprint density at radius 2 is 2.26 bits per heavy atom. The molecule has 0 radical (unpaired) electrons. The molecular weight excluding hydrogens is 242 g/mol. The average Bonchev–Trinajstić information content (AvgIpc) is 2.90. The summed E-state index contributed by atoms with van der Waals surface area (Å²) < 4.78 is 4.92. The van der Waals surface area contributed by atoms with Crippen LogP contribution in [0, 0.1) is 0 Å². The minimum Gasteiger partial charge on any atom is -0.472 e. The molecule has 0 aliphatic carbocycles. The van der Waals surface area contributed by atoms with E-state index in [1.165, 1.54) is 0 Å². The van der Waals surface area contributed by atoms with Gasteiger partial charge in [0, 0.05) is 23.8 Å². The van der Waals surface area contributed by atoms with Crippen LogP contribution < -0.4 is 16.4 Å². The number of hydrogen-bond donors (Lipinski definition) is 3. The molecule has 1 aromatic carbocycles.